The molecule has 1 radical (unpaired) electrons. The maximum Gasteiger partial charge on any atom is 0.296 e. The van der Waals surface area contributed by atoms with Gasteiger partial charge in [0.1, 0.15) is 12.4 Å². The van der Waals surface area contributed by atoms with E-state index >= 15 is 0 Å². The van der Waals surface area contributed by atoms with E-state index in [4.69, 9.17) is 9.39 Å². The van der Waals surface area contributed by atoms with E-state index in [0.717, 1.165) is 5.72 Å². The van der Waals surface area contributed by atoms with E-state index in [2.05, 4.69) is 0 Å². The van der Waals surface area contributed by atoms with Gasteiger partial charge in [0.2, 0.25) is 6.92 Å². The van der Waals surface area contributed by atoms with Crippen molar-refractivity contribution >= 4 is 24.6 Å². The van der Waals surface area contributed by atoms with Crippen LogP contribution in [0.2, 0.25) is 0 Å². The van der Waals surface area contributed by atoms with Crippen molar-refractivity contribution in [3.63, 3.8) is 0 Å². The van der Waals surface area contributed by atoms with Gasteiger partial charge < -0.3 is 9.39 Å². The number of imidazole rings is 1. The van der Waals surface area contributed by atoms with E-state index in [9.17, 15) is 9.59 Å². The van der Waals surface area contributed by atoms with E-state index in [-0.39, 0.29) is 11.5 Å². The zero-order chi connectivity index (χ0) is 14.2. The predicted octanol–water partition coefficient (Wildman–Crippen LogP) is -0.713. The Morgan fingerprint density at radius 2 is 2.21 bits per heavy atom. The van der Waals surface area contributed by atoms with Gasteiger partial charge >= 0.3 is 0 Å². The maximum atomic E-state index is 11.7. The minimum atomic E-state index is -0.720. The van der Waals surface area contributed by atoms with Gasteiger partial charge in [0.15, 0.2) is 0 Å². The van der Waals surface area contributed by atoms with Crippen LogP contribution in [-0.4, -0.2) is 30.5 Å². The molecule has 19 heavy (non-hydrogen) atoms. The van der Waals surface area contributed by atoms with Crippen LogP contribution in [0, 0.1) is 0 Å². The van der Waals surface area contributed by atoms with Crippen LogP contribution in [0.15, 0.2) is 23.9 Å². The average molecular weight is 263 g/mol. The third-order valence-corrected chi connectivity index (χ3v) is 3.08. The molecule has 101 valence electrons. The van der Waals surface area contributed by atoms with Crippen LogP contribution >= 0.6 is 0 Å². The number of nitrogens with zero attached hydrogens (tertiary/aromatic N) is 2. The monoisotopic (exact) mass is 263 g/mol. The highest BCUT2D eigenvalue weighted by Crippen LogP contribution is 2.14. The molecule has 2 heterocycles. The summed E-state index contributed by atoms with van der Waals surface area (Å²) in [6, 6.07) is 0.189. The van der Waals surface area contributed by atoms with Crippen molar-refractivity contribution in [2.45, 2.75) is 19.9 Å². The number of hydrogen-bond acceptors (Lipinski definition) is 4. The van der Waals surface area contributed by atoms with Crippen LogP contribution in [0.5, 0.6) is 0 Å². The van der Waals surface area contributed by atoms with Crippen LogP contribution in [0.1, 0.15) is 19.9 Å². The van der Waals surface area contributed by atoms with E-state index in [0.29, 0.717) is 0 Å². The lowest BCUT2D eigenvalue weighted by molar-refractivity contribution is -0.653. The number of rotatable bonds is 3. The zero-order valence-electron chi connectivity index (χ0n) is 11.4. The average Bonchev–Trinajstić information content (AvgIpc) is 2.91. The second-order valence-corrected chi connectivity index (χ2v) is 4.68. The number of carbonyl (C=O) groups is 2. The lowest BCUT2D eigenvalue weighted by Crippen LogP contribution is -2.58. The molecule has 1 aromatic rings. The van der Waals surface area contributed by atoms with Gasteiger partial charge in [0.25, 0.3) is 11.9 Å². The Morgan fingerprint density at radius 1 is 1.53 bits per heavy atom. The lowest BCUT2D eigenvalue weighted by atomic mass is 9.60. The topological polar surface area (TPSA) is 61.4 Å². The molecule has 1 aromatic heterocycles. The number of esters is 1. The molecule has 0 saturated heterocycles. The third kappa shape index (κ3) is 2.28. The minimum absolute atomic E-state index is 0.189. The van der Waals surface area contributed by atoms with Crippen LogP contribution in [0.4, 0.5) is 0 Å². The molecule has 0 amide bonds. The molecule has 0 unspecified atom stereocenters. The number of aromatic nitrogens is 2. The van der Waals surface area contributed by atoms with E-state index in [1.165, 1.54) is 13.2 Å². The number of aryl methyl sites for hydroxylation is 1. The van der Waals surface area contributed by atoms with Gasteiger partial charge in [-0.1, -0.05) is 5.47 Å². The van der Waals surface area contributed by atoms with Gasteiger partial charge in [-0.05, 0) is 19.9 Å². The highest BCUT2D eigenvalue weighted by atomic mass is 16.5. The van der Waals surface area contributed by atoms with Gasteiger partial charge in [0, 0.05) is 0 Å². The number of hydrogen-bond donors (Lipinski definition) is 0. The smallest absolute Gasteiger partial charge is 0.296 e. The highest BCUT2D eigenvalue weighted by molar-refractivity contribution is 6.80. The summed E-state index contributed by atoms with van der Waals surface area (Å²) in [6.07, 6.45) is 4.94. The van der Waals surface area contributed by atoms with E-state index in [1.54, 1.807) is 0 Å². The maximum absolute atomic E-state index is 11.7. The van der Waals surface area contributed by atoms with Crippen molar-refractivity contribution in [3.8, 4) is 0 Å². The molecule has 2 rings (SSSR count). The Balaban J connectivity index is 2.47. The molecule has 0 fully saturated rings. The first-order valence-electron chi connectivity index (χ1n) is 6.02. The second kappa shape index (κ2) is 4.91. The number of carbonyl (C=O) groups excluding carboxylic acids is 2. The van der Waals surface area contributed by atoms with Gasteiger partial charge in [-0.25, -0.2) is 0 Å². The Labute approximate surface area is 111 Å². The summed E-state index contributed by atoms with van der Waals surface area (Å²) in [5.41, 5.74) is 0.959. The summed E-state index contributed by atoms with van der Waals surface area (Å²) < 4.78 is 13.7. The molecule has 0 aromatic carbocycles. The van der Waals surface area contributed by atoms with Gasteiger partial charge in [-0.2, -0.15) is 0 Å². The molecule has 0 spiro atoms. The molecular weight excluding hydrogens is 247 g/mol. The summed E-state index contributed by atoms with van der Waals surface area (Å²) in [7, 11) is 3.12. The third-order valence-electron chi connectivity index (χ3n) is 3.08. The minimum Gasteiger partial charge on any atom is -0.691 e. The summed E-state index contributed by atoms with van der Waals surface area (Å²) in [6.45, 7) is 3.31. The van der Waals surface area contributed by atoms with Crippen molar-refractivity contribution in [1.29, 1.82) is 0 Å². The second-order valence-electron chi connectivity index (χ2n) is 4.68. The van der Waals surface area contributed by atoms with Crippen molar-refractivity contribution < 1.29 is 23.5 Å². The molecule has 1 aliphatic rings. The molecule has 0 N–H and O–H groups in total. The first-order valence-corrected chi connectivity index (χ1v) is 6.02. The Hall–Kier alpha value is -2.05. The van der Waals surface area contributed by atoms with E-state index < -0.39 is 18.9 Å². The molecule has 6 nitrogen and oxygen atoms in total. The van der Waals surface area contributed by atoms with Gasteiger partial charge in [-0.3, -0.25) is 18.7 Å². The van der Waals surface area contributed by atoms with Crippen LogP contribution < -0.4 is 10.3 Å². The fourth-order valence-electron chi connectivity index (χ4n) is 2.16. The zero-order valence-corrected chi connectivity index (χ0v) is 11.4. The number of methoxy groups -OCH3 is 1. The van der Waals surface area contributed by atoms with Crippen molar-refractivity contribution in [1.82, 2.24) is 4.57 Å². The van der Waals surface area contributed by atoms with Gasteiger partial charge in [0.05, 0.1) is 25.9 Å². The summed E-state index contributed by atoms with van der Waals surface area (Å²) in [5, 5.41) is 0. The fraction of sp³-hybridized carbons (Fsp3) is 0.417. The lowest BCUT2D eigenvalue weighted by Gasteiger charge is -2.23. The van der Waals surface area contributed by atoms with Crippen molar-refractivity contribution in [2.75, 3.05) is 7.11 Å². The molecule has 1 aliphatic heterocycles. The van der Waals surface area contributed by atoms with Crippen molar-refractivity contribution in [2.24, 2.45) is 7.05 Å². The molecule has 0 aliphatic carbocycles. The van der Waals surface area contributed by atoms with Crippen molar-refractivity contribution in [3.05, 3.63) is 23.9 Å². The molecule has 0 saturated carbocycles. The predicted molar refractivity (Wildman–Crippen MR) is 67.6 cm³/mol. The SMILES string of the molecule is COC(=O)C1=CC(=O)O[B-]1c1n(C(C)C)cc[n+]1C. The Morgan fingerprint density at radius 3 is 2.79 bits per heavy atom. The highest BCUT2D eigenvalue weighted by Gasteiger charge is 2.32. The summed E-state index contributed by atoms with van der Waals surface area (Å²) in [5.74, 6) is -1.07. The molecular formula is C12H16BN2O4. The molecule has 0 bridgehead atoms. The van der Waals surface area contributed by atoms with Crippen LogP contribution in [-0.2, 0) is 26.0 Å². The fourth-order valence-corrected chi connectivity index (χ4v) is 2.16. The normalized spacial score (nSPS) is 15.6. The first kappa shape index (κ1) is 13.4. The van der Waals surface area contributed by atoms with Crippen LogP contribution in [0.3, 0.4) is 0 Å². The first-order chi connectivity index (χ1) is 8.95. The molecule has 0 atom stereocenters. The number of ether oxygens (including phenoxy) is 1. The largest absolute Gasteiger partial charge is 0.691 e. The summed E-state index contributed by atoms with van der Waals surface area (Å²) in [4.78, 5) is 23.2. The van der Waals surface area contributed by atoms with Gasteiger partial charge in [-0.15, -0.1) is 0 Å². The quantitative estimate of drug-likeness (QED) is 0.410. The van der Waals surface area contributed by atoms with E-state index in [1.807, 2.05) is 42.4 Å². The Bertz CT molecular complexity index is 562. The molecule has 7 heteroatoms. The van der Waals surface area contributed by atoms with Crippen LogP contribution in [0.25, 0.3) is 0 Å². The Kier molecular flexibility index (Phi) is 3.46. The standard InChI is InChI=1S/C12H16BN2O4/c1-8(2)15-6-5-14(3)12(15)13-9(11(17)18-4)7-10(16)19-13/h5-8H,1-4H3. The summed E-state index contributed by atoms with van der Waals surface area (Å²) >= 11 is 0.